The number of nitrogens with one attached hydrogen (secondary N) is 1. The number of hydrogen-bond acceptors (Lipinski definition) is 2. The number of ether oxygens (including phenoxy) is 1. The molecule has 1 aliphatic rings. The Bertz CT molecular complexity index is 413. The van der Waals surface area contributed by atoms with Crippen LogP contribution in [0.4, 0.5) is 13.2 Å². The van der Waals surface area contributed by atoms with Gasteiger partial charge in [0, 0.05) is 13.7 Å². The highest BCUT2D eigenvalue weighted by molar-refractivity contribution is 5.27. The van der Waals surface area contributed by atoms with Crippen molar-refractivity contribution < 1.29 is 17.9 Å². The van der Waals surface area contributed by atoms with Crippen molar-refractivity contribution in [1.82, 2.24) is 5.32 Å². The van der Waals surface area contributed by atoms with Crippen molar-refractivity contribution >= 4 is 0 Å². The Kier molecular flexibility index (Phi) is 3.64. The van der Waals surface area contributed by atoms with Gasteiger partial charge in [0.25, 0.3) is 0 Å². The third-order valence-corrected chi connectivity index (χ3v) is 3.33. The monoisotopic (exact) mass is 259 g/mol. The van der Waals surface area contributed by atoms with Gasteiger partial charge in [-0.25, -0.2) is 0 Å². The summed E-state index contributed by atoms with van der Waals surface area (Å²) in [5, 5.41) is 2.64. The summed E-state index contributed by atoms with van der Waals surface area (Å²) < 4.78 is 43.3. The molecular formula is C13H16F3NO. The lowest BCUT2D eigenvalue weighted by Gasteiger charge is -2.21. The third kappa shape index (κ3) is 2.67. The zero-order valence-electron chi connectivity index (χ0n) is 10.2. The predicted octanol–water partition coefficient (Wildman–Crippen LogP) is 3.02. The van der Waals surface area contributed by atoms with E-state index in [0.717, 1.165) is 11.1 Å². The summed E-state index contributed by atoms with van der Waals surface area (Å²) in [6.07, 6.45) is -3.82. The van der Waals surface area contributed by atoms with Crippen LogP contribution in [-0.2, 0) is 17.9 Å². The molecule has 100 valence electrons. The second-order valence-electron chi connectivity index (χ2n) is 4.64. The van der Waals surface area contributed by atoms with Crippen LogP contribution in [0.1, 0.15) is 24.0 Å². The van der Waals surface area contributed by atoms with Crippen LogP contribution in [0.3, 0.4) is 0 Å². The minimum atomic E-state index is -4.16. The third-order valence-electron chi connectivity index (χ3n) is 3.33. The van der Waals surface area contributed by atoms with Gasteiger partial charge in [-0.2, -0.15) is 13.2 Å². The molecule has 0 spiro atoms. The van der Waals surface area contributed by atoms with Crippen molar-refractivity contribution in [2.45, 2.75) is 37.7 Å². The summed E-state index contributed by atoms with van der Waals surface area (Å²) in [5.41, 5.74) is 0.119. The van der Waals surface area contributed by atoms with Crippen LogP contribution in [-0.4, -0.2) is 18.8 Å². The largest absolute Gasteiger partial charge is 0.406 e. The van der Waals surface area contributed by atoms with E-state index in [1.807, 2.05) is 24.3 Å². The highest BCUT2D eigenvalue weighted by Gasteiger charge is 2.62. The zero-order chi connectivity index (χ0) is 13.2. The fourth-order valence-corrected chi connectivity index (χ4v) is 1.98. The molecule has 0 atom stereocenters. The molecule has 1 saturated carbocycles. The quantitative estimate of drug-likeness (QED) is 0.877. The second-order valence-corrected chi connectivity index (χ2v) is 4.64. The molecule has 2 rings (SSSR count). The van der Waals surface area contributed by atoms with E-state index in [-0.39, 0.29) is 19.4 Å². The number of halogens is 3. The minimum Gasteiger partial charge on any atom is -0.380 e. The Hall–Kier alpha value is -1.07. The first-order valence-electron chi connectivity index (χ1n) is 5.86. The molecule has 0 unspecified atom stereocenters. The van der Waals surface area contributed by atoms with Gasteiger partial charge in [0.05, 0.1) is 6.61 Å². The van der Waals surface area contributed by atoms with Crippen LogP contribution in [0.15, 0.2) is 24.3 Å². The van der Waals surface area contributed by atoms with E-state index in [2.05, 4.69) is 5.32 Å². The molecule has 1 aromatic rings. The van der Waals surface area contributed by atoms with Crippen LogP contribution in [0.5, 0.6) is 0 Å². The van der Waals surface area contributed by atoms with E-state index in [1.54, 1.807) is 7.11 Å². The zero-order valence-corrected chi connectivity index (χ0v) is 10.2. The van der Waals surface area contributed by atoms with Crippen LogP contribution in [0.25, 0.3) is 0 Å². The average molecular weight is 259 g/mol. The molecule has 0 aromatic heterocycles. The molecule has 0 aliphatic heterocycles. The van der Waals surface area contributed by atoms with E-state index < -0.39 is 11.7 Å². The molecule has 0 bridgehead atoms. The van der Waals surface area contributed by atoms with Gasteiger partial charge in [-0.3, -0.25) is 5.32 Å². The van der Waals surface area contributed by atoms with Gasteiger partial charge in [0.2, 0.25) is 0 Å². The topological polar surface area (TPSA) is 21.3 Å². The maximum absolute atomic E-state index is 12.8. The summed E-state index contributed by atoms with van der Waals surface area (Å²) in [7, 11) is 1.57. The average Bonchev–Trinajstić information content (AvgIpc) is 3.09. The Labute approximate surface area is 104 Å². The fraction of sp³-hybridized carbons (Fsp3) is 0.538. The lowest BCUT2D eigenvalue weighted by Crippen LogP contribution is -2.44. The fourth-order valence-electron chi connectivity index (χ4n) is 1.98. The smallest absolute Gasteiger partial charge is 0.380 e. The summed E-state index contributed by atoms with van der Waals surface area (Å²) in [4.78, 5) is 0. The molecule has 0 saturated heterocycles. The standard InChI is InChI=1S/C13H16F3NO/c1-18-9-11-5-3-2-4-10(11)8-17-12(6-7-12)13(14,15)16/h2-5,17H,6-9H2,1H3. The Morgan fingerprint density at radius 1 is 1.22 bits per heavy atom. The maximum atomic E-state index is 12.8. The van der Waals surface area contributed by atoms with E-state index in [1.165, 1.54) is 0 Å². The van der Waals surface area contributed by atoms with Crippen molar-refractivity contribution in [3.8, 4) is 0 Å². The van der Waals surface area contributed by atoms with Gasteiger partial charge < -0.3 is 4.74 Å². The first-order valence-corrected chi connectivity index (χ1v) is 5.86. The lowest BCUT2D eigenvalue weighted by atomic mass is 10.1. The van der Waals surface area contributed by atoms with Gasteiger partial charge in [0.1, 0.15) is 5.54 Å². The predicted molar refractivity (Wildman–Crippen MR) is 62.0 cm³/mol. The molecule has 0 radical (unpaired) electrons. The number of alkyl halides is 3. The molecule has 1 aromatic carbocycles. The van der Waals surface area contributed by atoms with Crippen molar-refractivity contribution in [3.05, 3.63) is 35.4 Å². The van der Waals surface area contributed by atoms with Crippen molar-refractivity contribution in [2.75, 3.05) is 7.11 Å². The van der Waals surface area contributed by atoms with Crippen LogP contribution in [0, 0.1) is 0 Å². The maximum Gasteiger partial charge on any atom is 0.406 e. The number of hydrogen-bond donors (Lipinski definition) is 1. The second kappa shape index (κ2) is 4.90. The molecule has 18 heavy (non-hydrogen) atoms. The molecule has 0 amide bonds. The van der Waals surface area contributed by atoms with E-state index in [0.29, 0.717) is 6.61 Å². The highest BCUT2D eigenvalue weighted by Crippen LogP contribution is 2.49. The minimum absolute atomic E-state index is 0.170. The molecule has 0 heterocycles. The molecule has 5 heteroatoms. The Morgan fingerprint density at radius 3 is 2.33 bits per heavy atom. The Morgan fingerprint density at radius 2 is 1.83 bits per heavy atom. The Balaban J connectivity index is 2.03. The molecular weight excluding hydrogens is 243 g/mol. The van der Waals surface area contributed by atoms with E-state index in [4.69, 9.17) is 4.74 Å². The molecule has 1 N–H and O–H groups in total. The van der Waals surface area contributed by atoms with Gasteiger partial charge in [-0.15, -0.1) is 0 Å². The van der Waals surface area contributed by atoms with Crippen molar-refractivity contribution in [2.24, 2.45) is 0 Å². The number of benzene rings is 1. The van der Waals surface area contributed by atoms with E-state index >= 15 is 0 Å². The summed E-state index contributed by atoms with van der Waals surface area (Å²) >= 11 is 0. The van der Waals surface area contributed by atoms with Crippen molar-refractivity contribution in [3.63, 3.8) is 0 Å². The first kappa shape index (κ1) is 13.4. The van der Waals surface area contributed by atoms with Crippen LogP contribution in [0.2, 0.25) is 0 Å². The van der Waals surface area contributed by atoms with E-state index in [9.17, 15) is 13.2 Å². The summed E-state index contributed by atoms with van der Waals surface area (Å²) in [6, 6.07) is 7.37. The molecule has 1 aliphatic carbocycles. The van der Waals surface area contributed by atoms with Crippen molar-refractivity contribution in [1.29, 1.82) is 0 Å². The van der Waals surface area contributed by atoms with Crippen LogP contribution < -0.4 is 5.32 Å². The van der Waals surface area contributed by atoms with Gasteiger partial charge in [0.15, 0.2) is 0 Å². The van der Waals surface area contributed by atoms with Gasteiger partial charge in [-0.05, 0) is 24.0 Å². The van der Waals surface area contributed by atoms with Gasteiger partial charge >= 0.3 is 6.18 Å². The summed E-state index contributed by atoms with van der Waals surface area (Å²) in [6.45, 7) is 0.635. The number of rotatable bonds is 5. The number of methoxy groups -OCH3 is 1. The SMILES string of the molecule is COCc1ccccc1CNC1(C(F)(F)F)CC1. The first-order chi connectivity index (χ1) is 8.48. The lowest BCUT2D eigenvalue weighted by molar-refractivity contribution is -0.166. The highest BCUT2D eigenvalue weighted by atomic mass is 19.4. The molecule has 1 fully saturated rings. The summed E-state index contributed by atoms with van der Waals surface area (Å²) in [5.74, 6) is 0. The normalized spacial score (nSPS) is 17.8. The van der Waals surface area contributed by atoms with Gasteiger partial charge in [-0.1, -0.05) is 24.3 Å². The molecule has 2 nitrogen and oxygen atoms in total. The van der Waals surface area contributed by atoms with Crippen LogP contribution >= 0.6 is 0 Å².